The number of carbonyl (C=O) groups excluding carboxylic acids is 1. The standard InChI is InChI=1S/C36H40ClFN2O3/c1-6-30(29-17-16-28(38)22-31(29)37)36(5,26-13-10-24(11-14-26)12-19-34(41)43-35(2,3)4)27-15-18-32-25(21-27)23-39-40(32)33-9-7-8-20-42-33/h10-19,21-23,30,33H,6-9,20H2,1-5H3/b19-12+. The van der Waals surface area contributed by atoms with Gasteiger partial charge in [-0.3, -0.25) is 0 Å². The van der Waals surface area contributed by atoms with Crippen LogP contribution in [0.1, 0.15) is 94.7 Å². The molecule has 1 aromatic heterocycles. The average molecular weight is 603 g/mol. The molecule has 7 heteroatoms. The van der Waals surface area contributed by atoms with Crippen LogP contribution in [0.4, 0.5) is 4.39 Å². The van der Waals surface area contributed by atoms with E-state index < -0.39 is 11.0 Å². The van der Waals surface area contributed by atoms with E-state index in [-0.39, 0.29) is 23.9 Å². The van der Waals surface area contributed by atoms with E-state index in [0.717, 1.165) is 65.4 Å². The lowest BCUT2D eigenvalue weighted by molar-refractivity contribution is -0.148. The summed E-state index contributed by atoms with van der Waals surface area (Å²) in [5.41, 5.74) is 3.92. The SMILES string of the molecule is CCC(c1ccc(F)cc1Cl)C(C)(c1ccc(/C=C/C(=O)OC(C)(C)C)cc1)c1ccc2c(cnn2C2CCCCO2)c1. The molecular formula is C36H40ClFN2O3. The Morgan fingerprint density at radius 3 is 2.49 bits per heavy atom. The van der Waals surface area contributed by atoms with Gasteiger partial charge < -0.3 is 9.47 Å². The van der Waals surface area contributed by atoms with Gasteiger partial charge in [0.05, 0.1) is 11.7 Å². The number of esters is 1. The summed E-state index contributed by atoms with van der Waals surface area (Å²) in [5.74, 6) is -0.797. The Bertz CT molecular complexity index is 1620. The molecule has 5 rings (SSSR count). The molecule has 3 aromatic carbocycles. The minimum atomic E-state index is -0.551. The third-order valence-electron chi connectivity index (χ3n) is 8.40. The van der Waals surface area contributed by atoms with E-state index in [1.165, 1.54) is 18.2 Å². The van der Waals surface area contributed by atoms with Crippen LogP contribution in [0.2, 0.25) is 5.02 Å². The molecule has 5 nitrogen and oxygen atoms in total. The number of hydrogen-bond donors (Lipinski definition) is 0. The quantitative estimate of drug-likeness (QED) is 0.149. The van der Waals surface area contributed by atoms with Gasteiger partial charge in [0, 0.05) is 28.5 Å². The van der Waals surface area contributed by atoms with Gasteiger partial charge >= 0.3 is 5.97 Å². The monoisotopic (exact) mass is 602 g/mol. The summed E-state index contributed by atoms with van der Waals surface area (Å²) in [4.78, 5) is 12.2. The first-order valence-corrected chi connectivity index (χ1v) is 15.4. The Balaban J connectivity index is 1.57. The fourth-order valence-corrected chi connectivity index (χ4v) is 6.55. The van der Waals surface area contributed by atoms with E-state index in [1.54, 1.807) is 12.1 Å². The summed E-state index contributed by atoms with van der Waals surface area (Å²) in [6, 6.07) is 19.4. The third kappa shape index (κ3) is 6.71. The maximum Gasteiger partial charge on any atom is 0.331 e. The number of ether oxygens (including phenoxy) is 2. The number of fused-ring (bicyclic) bond motifs is 1. The van der Waals surface area contributed by atoms with Crippen LogP contribution in [0, 0.1) is 5.82 Å². The minimum absolute atomic E-state index is 0.0498. The Labute approximate surface area is 258 Å². The smallest absolute Gasteiger partial charge is 0.331 e. The molecule has 0 saturated carbocycles. The van der Waals surface area contributed by atoms with Crippen molar-refractivity contribution in [1.82, 2.24) is 9.78 Å². The van der Waals surface area contributed by atoms with Crippen molar-refractivity contribution < 1.29 is 18.7 Å². The zero-order chi connectivity index (χ0) is 30.8. The number of aromatic nitrogens is 2. The molecule has 0 aliphatic carbocycles. The highest BCUT2D eigenvalue weighted by Gasteiger charge is 2.39. The van der Waals surface area contributed by atoms with E-state index >= 15 is 0 Å². The van der Waals surface area contributed by atoms with E-state index in [0.29, 0.717) is 5.02 Å². The van der Waals surface area contributed by atoms with Gasteiger partial charge in [-0.25, -0.2) is 13.9 Å². The van der Waals surface area contributed by atoms with Gasteiger partial charge in [-0.15, -0.1) is 0 Å². The molecule has 1 fully saturated rings. The highest BCUT2D eigenvalue weighted by Crippen LogP contribution is 2.48. The molecule has 43 heavy (non-hydrogen) atoms. The molecule has 0 spiro atoms. The second-order valence-corrected chi connectivity index (χ2v) is 12.9. The maximum absolute atomic E-state index is 14.1. The lowest BCUT2D eigenvalue weighted by Crippen LogP contribution is -2.32. The van der Waals surface area contributed by atoms with Crippen molar-refractivity contribution in [2.24, 2.45) is 0 Å². The van der Waals surface area contributed by atoms with Crippen LogP contribution in [-0.2, 0) is 19.7 Å². The molecule has 2 heterocycles. The van der Waals surface area contributed by atoms with Gasteiger partial charge in [0.1, 0.15) is 11.4 Å². The Hall–Kier alpha value is -3.48. The topological polar surface area (TPSA) is 53.3 Å². The molecule has 226 valence electrons. The van der Waals surface area contributed by atoms with Gasteiger partial charge in [-0.05, 0) is 105 Å². The van der Waals surface area contributed by atoms with Gasteiger partial charge in [0.25, 0.3) is 0 Å². The average Bonchev–Trinajstić information content (AvgIpc) is 3.41. The first-order chi connectivity index (χ1) is 20.5. The first-order valence-electron chi connectivity index (χ1n) is 15.1. The van der Waals surface area contributed by atoms with Crippen LogP contribution in [-0.4, -0.2) is 28.0 Å². The molecule has 1 aliphatic rings. The zero-order valence-electron chi connectivity index (χ0n) is 25.6. The summed E-state index contributed by atoms with van der Waals surface area (Å²) < 4.78 is 27.5. The highest BCUT2D eigenvalue weighted by molar-refractivity contribution is 6.31. The van der Waals surface area contributed by atoms with Crippen LogP contribution in [0.3, 0.4) is 0 Å². The molecule has 4 aromatic rings. The predicted molar refractivity (Wildman–Crippen MR) is 171 cm³/mol. The lowest BCUT2D eigenvalue weighted by Gasteiger charge is -2.40. The van der Waals surface area contributed by atoms with Gasteiger partial charge in [0.15, 0.2) is 6.23 Å². The Morgan fingerprint density at radius 1 is 1.09 bits per heavy atom. The molecule has 1 aliphatic heterocycles. The van der Waals surface area contributed by atoms with Crippen molar-refractivity contribution in [2.75, 3.05) is 6.61 Å². The first kappa shape index (κ1) is 31.0. The molecule has 0 radical (unpaired) electrons. The molecule has 0 N–H and O–H groups in total. The van der Waals surface area contributed by atoms with Crippen LogP contribution >= 0.6 is 11.6 Å². The largest absolute Gasteiger partial charge is 0.457 e. The Kier molecular flexibility index (Phi) is 9.10. The Morgan fingerprint density at radius 2 is 1.84 bits per heavy atom. The molecule has 1 saturated heterocycles. The van der Waals surface area contributed by atoms with E-state index in [9.17, 15) is 9.18 Å². The summed E-state index contributed by atoms with van der Waals surface area (Å²) in [5, 5.41) is 6.17. The van der Waals surface area contributed by atoms with E-state index in [2.05, 4.69) is 44.2 Å². The van der Waals surface area contributed by atoms with E-state index in [1.807, 2.05) is 43.8 Å². The van der Waals surface area contributed by atoms with Crippen molar-refractivity contribution in [3.8, 4) is 0 Å². The van der Waals surface area contributed by atoms with Gasteiger partial charge in [-0.1, -0.05) is 61.8 Å². The summed E-state index contributed by atoms with van der Waals surface area (Å²) >= 11 is 6.69. The maximum atomic E-state index is 14.1. The van der Waals surface area contributed by atoms with Crippen LogP contribution in [0.25, 0.3) is 17.0 Å². The summed E-state index contributed by atoms with van der Waals surface area (Å²) in [6.45, 7) is 10.6. The fraction of sp³-hybridized carbons (Fsp3) is 0.389. The number of hydrogen-bond acceptors (Lipinski definition) is 4. The lowest BCUT2D eigenvalue weighted by atomic mass is 9.64. The third-order valence-corrected chi connectivity index (χ3v) is 8.72. The van der Waals surface area contributed by atoms with Crippen LogP contribution < -0.4 is 0 Å². The van der Waals surface area contributed by atoms with Gasteiger partial charge in [0.2, 0.25) is 0 Å². The molecule has 0 bridgehead atoms. The van der Waals surface area contributed by atoms with E-state index in [4.69, 9.17) is 26.2 Å². The van der Waals surface area contributed by atoms with Crippen molar-refractivity contribution in [3.05, 3.63) is 106 Å². The van der Waals surface area contributed by atoms with Crippen LogP contribution in [0.15, 0.2) is 72.9 Å². The summed E-state index contributed by atoms with van der Waals surface area (Å²) in [6.07, 6.45) is 9.01. The zero-order valence-corrected chi connectivity index (χ0v) is 26.3. The van der Waals surface area contributed by atoms with Gasteiger partial charge in [-0.2, -0.15) is 5.10 Å². The second kappa shape index (κ2) is 12.6. The van der Waals surface area contributed by atoms with Crippen molar-refractivity contribution >= 4 is 34.5 Å². The van der Waals surface area contributed by atoms with Crippen molar-refractivity contribution in [3.63, 3.8) is 0 Å². The number of nitrogens with zero attached hydrogens (tertiary/aromatic N) is 2. The normalized spacial score (nSPS) is 18.1. The highest BCUT2D eigenvalue weighted by atomic mass is 35.5. The predicted octanol–water partition coefficient (Wildman–Crippen LogP) is 9.38. The van der Waals surface area contributed by atoms with Crippen molar-refractivity contribution in [2.45, 2.75) is 83.5 Å². The fourth-order valence-electron chi connectivity index (χ4n) is 6.26. The minimum Gasteiger partial charge on any atom is -0.457 e. The van der Waals surface area contributed by atoms with Crippen molar-refractivity contribution in [1.29, 1.82) is 0 Å². The molecular weight excluding hydrogens is 563 g/mol. The summed E-state index contributed by atoms with van der Waals surface area (Å²) in [7, 11) is 0. The molecule has 3 unspecified atom stereocenters. The molecule has 0 amide bonds. The second-order valence-electron chi connectivity index (χ2n) is 12.5. The molecule has 3 atom stereocenters. The number of rotatable bonds is 8. The number of halogens is 2. The number of benzene rings is 3. The number of carbonyl (C=O) groups is 1. The van der Waals surface area contributed by atoms with Crippen LogP contribution in [0.5, 0.6) is 0 Å².